The lowest BCUT2D eigenvalue weighted by Gasteiger charge is -2.17. The van der Waals surface area contributed by atoms with E-state index in [-0.39, 0.29) is 12.3 Å². The van der Waals surface area contributed by atoms with Crippen LogP contribution in [-0.2, 0) is 25.4 Å². The third kappa shape index (κ3) is 7.11. The first-order valence-corrected chi connectivity index (χ1v) is 7.21. The molecule has 0 amide bonds. The second-order valence-corrected chi connectivity index (χ2v) is 4.37. The van der Waals surface area contributed by atoms with E-state index in [0.29, 0.717) is 32.7 Å². The van der Waals surface area contributed by atoms with E-state index in [0.717, 1.165) is 11.3 Å². The molecule has 1 aromatic carbocycles. The van der Waals surface area contributed by atoms with Crippen LogP contribution in [0.4, 0.5) is 0 Å². The number of ether oxygens (including phenoxy) is 4. The Bertz CT molecular complexity index is 396. The second kappa shape index (κ2) is 10.2. The Labute approximate surface area is 126 Å². The molecule has 0 unspecified atom stereocenters. The molecule has 0 saturated carbocycles. The first-order valence-electron chi connectivity index (χ1n) is 7.21. The zero-order valence-corrected chi connectivity index (χ0v) is 13.0. The minimum Gasteiger partial charge on any atom is -0.488 e. The van der Waals surface area contributed by atoms with Gasteiger partial charge in [-0.2, -0.15) is 0 Å². The molecule has 0 fully saturated rings. The Morgan fingerprint density at radius 3 is 2.24 bits per heavy atom. The normalized spacial score (nSPS) is 10.7. The molecule has 0 bridgehead atoms. The molecule has 0 saturated heterocycles. The molecule has 0 N–H and O–H groups in total. The molecule has 0 radical (unpaired) electrons. The molecule has 118 valence electrons. The van der Waals surface area contributed by atoms with E-state index in [1.54, 1.807) is 0 Å². The van der Waals surface area contributed by atoms with Crippen LogP contribution < -0.4 is 4.74 Å². The molecular weight excluding hydrogens is 272 g/mol. The zero-order chi connectivity index (χ0) is 15.5. The molecule has 1 aromatic rings. The van der Waals surface area contributed by atoms with Crippen LogP contribution in [-0.4, -0.2) is 39.2 Å². The van der Waals surface area contributed by atoms with Gasteiger partial charge in [0.2, 0.25) is 0 Å². The fraction of sp³-hybridized carbons (Fsp3) is 0.562. The molecule has 0 aliphatic carbocycles. The lowest BCUT2D eigenvalue weighted by Crippen LogP contribution is -2.25. The fourth-order valence-corrected chi connectivity index (χ4v) is 1.78. The van der Waals surface area contributed by atoms with E-state index in [4.69, 9.17) is 14.2 Å². The van der Waals surface area contributed by atoms with Gasteiger partial charge in [-0.05, 0) is 38.0 Å². The topological polar surface area (TPSA) is 54.0 Å². The quantitative estimate of drug-likeness (QED) is 0.490. The number of benzene rings is 1. The maximum Gasteiger partial charge on any atom is 0.305 e. The van der Waals surface area contributed by atoms with Crippen LogP contribution in [0.15, 0.2) is 24.3 Å². The number of aryl methyl sites for hydroxylation is 1. The highest BCUT2D eigenvalue weighted by molar-refractivity contribution is 5.69. The average molecular weight is 296 g/mol. The molecule has 1 rings (SSSR count). The van der Waals surface area contributed by atoms with Crippen LogP contribution in [0.3, 0.4) is 0 Å². The SMILES string of the molecule is CCOC(COc1ccc(CCC(=O)OC)cc1)OCC. The van der Waals surface area contributed by atoms with Crippen molar-refractivity contribution in [1.82, 2.24) is 0 Å². The lowest BCUT2D eigenvalue weighted by molar-refractivity contribution is -0.152. The minimum absolute atomic E-state index is 0.202. The van der Waals surface area contributed by atoms with Crippen molar-refractivity contribution in [1.29, 1.82) is 0 Å². The summed E-state index contributed by atoms with van der Waals surface area (Å²) in [6.45, 7) is 5.36. The largest absolute Gasteiger partial charge is 0.488 e. The number of esters is 1. The Balaban J connectivity index is 2.41. The highest BCUT2D eigenvalue weighted by Gasteiger charge is 2.09. The van der Waals surface area contributed by atoms with E-state index in [1.165, 1.54) is 7.11 Å². The van der Waals surface area contributed by atoms with Crippen LogP contribution in [0.2, 0.25) is 0 Å². The number of hydrogen-bond acceptors (Lipinski definition) is 5. The van der Waals surface area contributed by atoms with Gasteiger partial charge < -0.3 is 18.9 Å². The number of carbonyl (C=O) groups is 1. The van der Waals surface area contributed by atoms with Crippen LogP contribution in [0.1, 0.15) is 25.8 Å². The lowest BCUT2D eigenvalue weighted by atomic mass is 10.1. The first-order chi connectivity index (χ1) is 10.2. The van der Waals surface area contributed by atoms with Crippen molar-refractivity contribution in [3.8, 4) is 5.75 Å². The van der Waals surface area contributed by atoms with Crippen molar-refractivity contribution in [2.45, 2.75) is 33.0 Å². The summed E-state index contributed by atoms with van der Waals surface area (Å²) in [5.41, 5.74) is 1.07. The number of rotatable bonds is 10. The molecule has 0 atom stereocenters. The third-order valence-electron chi connectivity index (χ3n) is 2.86. The van der Waals surface area contributed by atoms with Crippen molar-refractivity contribution >= 4 is 5.97 Å². The summed E-state index contributed by atoms with van der Waals surface area (Å²) in [6.07, 6.45) is 0.694. The molecule has 5 nitrogen and oxygen atoms in total. The van der Waals surface area contributed by atoms with Gasteiger partial charge in [0.25, 0.3) is 0 Å². The highest BCUT2D eigenvalue weighted by atomic mass is 16.7. The predicted octanol–water partition coefficient (Wildman–Crippen LogP) is 2.57. The van der Waals surface area contributed by atoms with E-state index in [2.05, 4.69) is 4.74 Å². The van der Waals surface area contributed by atoms with Crippen molar-refractivity contribution in [2.24, 2.45) is 0 Å². The van der Waals surface area contributed by atoms with Crippen LogP contribution in [0.25, 0.3) is 0 Å². The van der Waals surface area contributed by atoms with Gasteiger partial charge in [-0.3, -0.25) is 4.79 Å². The summed E-state index contributed by atoms with van der Waals surface area (Å²) in [6, 6.07) is 7.63. The fourth-order valence-electron chi connectivity index (χ4n) is 1.78. The summed E-state index contributed by atoms with van der Waals surface area (Å²) >= 11 is 0. The van der Waals surface area contributed by atoms with Crippen LogP contribution >= 0.6 is 0 Å². The molecule has 5 heteroatoms. The van der Waals surface area contributed by atoms with Crippen LogP contribution in [0, 0.1) is 0 Å². The average Bonchev–Trinajstić information content (AvgIpc) is 2.51. The first kappa shape index (κ1) is 17.5. The molecule has 0 spiro atoms. The van der Waals surface area contributed by atoms with E-state index < -0.39 is 0 Å². The number of hydrogen-bond donors (Lipinski definition) is 0. The maximum absolute atomic E-state index is 11.1. The minimum atomic E-state index is -0.348. The Morgan fingerprint density at radius 1 is 1.10 bits per heavy atom. The third-order valence-corrected chi connectivity index (χ3v) is 2.86. The van der Waals surface area contributed by atoms with E-state index >= 15 is 0 Å². The second-order valence-electron chi connectivity index (χ2n) is 4.37. The Morgan fingerprint density at radius 2 is 1.71 bits per heavy atom. The summed E-state index contributed by atoms with van der Waals surface area (Å²) in [7, 11) is 1.40. The molecule has 21 heavy (non-hydrogen) atoms. The molecular formula is C16H24O5. The van der Waals surface area contributed by atoms with E-state index in [9.17, 15) is 4.79 Å². The molecule has 0 aliphatic rings. The van der Waals surface area contributed by atoms with Gasteiger partial charge in [0.15, 0.2) is 6.29 Å². The van der Waals surface area contributed by atoms with Gasteiger partial charge in [0.05, 0.1) is 7.11 Å². The monoisotopic (exact) mass is 296 g/mol. The molecule has 0 aromatic heterocycles. The van der Waals surface area contributed by atoms with Crippen molar-refractivity contribution in [2.75, 3.05) is 26.9 Å². The van der Waals surface area contributed by atoms with Gasteiger partial charge in [-0.25, -0.2) is 0 Å². The summed E-state index contributed by atoms with van der Waals surface area (Å²) in [5.74, 6) is 0.549. The maximum atomic E-state index is 11.1. The molecule has 0 aliphatic heterocycles. The predicted molar refractivity (Wildman–Crippen MR) is 79.3 cm³/mol. The number of carbonyl (C=O) groups excluding carboxylic acids is 1. The Kier molecular flexibility index (Phi) is 8.47. The summed E-state index contributed by atoms with van der Waals surface area (Å²) in [4.78, 5) is 11.1. The molecule has 0 heterocycles. The van der Waals surface area contributed by atoms with Crippen molar-refractivity contribution < 1.29 is 23.7 Å². The summed E-state index contributed by atoms with van der Waals surface area (Å²) in [5, 5.41) is 0. The van der Waals surface area contributed by atoms with Gasteiger partial charge in [-0.15, -0.1) is 0 Å². The van der Waals surface area contributed by atoms with Gasteiger partial charge in [0, 0.05) is 19.6 Å². The van der Waals surface area contributed by atoms with Gasteiger partial charge >= 0.3 is 5.97 Å². The highest BCUT2D eigenvalue weighted by Crippen LogP contribution is 2.14. The zero-order valence-electron chi connectivity index (χ0n) is 13.0. The van der Waals surface area contributed by atoms with Crippen molar-refractivity contribution in [3.05, 3.63) is 29.8 Å². The Hall–Kier alpha value is -1.59. The van der Waals surface area contributed by atoms with Gasteiger partial charge in [0.1, 0.15) is 12.4 Å². The van der Waals surface area contributed by atoms with Gasteiger partial charge in [-0.1, -0.05) is 12.1 Å². The smallest absolute Gasteiger partial charge is 0.305 e. The van der Waals surface area contributed by atoms with E-state index in [1.807, 2.05) is 38.1 Å². The van der Waals surface area contributed by atoms with Crippen LogP contribution in [0.5, 0.6) is 5.75 Å². The number of methoxy groups -OCH3 is 1. The van der Waals surface area contributed by atoms with Crippen molar-refractivity contribution in [3.63, 3.8) is 0 Å². The standard InChI is InChI=1S/C16H24O5/c1-4-19-16(20-5-2)12-21-14-9-6-13(7-10-14)8-11-15(17)18-3/h6-7,9-10,16H,4-5,8,11-12H2,1-3H3. The summed E-state index contributed by atoms with van der Waals surface area (Å²) < 4.78 is 21.1.